The largest absolute Gasteiger partial charge is 0.497 e. The molecular formula is C22H20N6O2. The summed E-state index contributed by atoms with van der Waals surface area (Å²) in [5, 5.41) is 9.23. The molecule has 0 bridgehead atoms. The second kappa shape index (κ2) is 7.40. The highest BCUT2D eigenvalue weighted by molar-refractivity contribution is 5.90. The summed E-state index contributed by atoms with van der Waals surface area (Å²) < 4.78 is 6.93. The topological polar surface area (TPSA) is 83.8 Å². The van der Waals surface area contributed by atoms with Crippen LogP contribution in [0.3, 0.4) is 0 Å². The van der Waals surface area contributed by atoms with Crippen molar-refractivity contribution in [1.29, 1.82) is 0 Å². The third kappa shape index (κ3) is 3.39. The molecule has 1 aliphatic rings. The summed E-state index contributed by atoms with van der Waals surface area (Å²) in [7, 11) is 1.63. The van der Waals surface area contributed by atoms with E-state index in [0.29, 0.717) is 11.5 Å². The first-order chi connectivity index (χ1) is 14.7. The van der Waals surface area contributed by atoms with Crippen LogP contribution in [-0.4, -0.2) is 34.3 Å². The van der Waals surface area contributed by atoms with Crippen molar-refractivity contribution in [1.82, 2.24) is 20.0 Å². The van der Waals surface area contributed by atoms with E-state index in [1.165, 1.54) is 5.56 Å². The third-order valence-corrected chi connectivity index (χ3v) is 5.05. The van der Waals surface area contributed by atoms with E-state index < -0.39 is 0 Å². The Hall–Kier alpha value is -4.07. The van der Waals surface area contributed by atoms with Crippen LogP contribution in [0.1, 0.15) is 5.56 Å². The van der Waals surface area contributed by atoms with Crippen molar-refractivity contribution >= 4 is 23.2 Å². The molecule has 3 heterocycles. The number of hydrogen-bond donors (Lipinski definition) is 2. The zero-order valence-electron chi connectivity index (χ0n) is 16.4. The number of hydrazine groups is 1. The summed E-state index contributed by atoms with van der Waals surface area (Å²) in [5.74, 6) is 1.19. The average Bonchev–Trinajstić information content (AvgIpc) is 3.36. The molecule has 5 rings (SSSR count). The molecule has 8 heteroatoms. The Bertz CT molecular complexity index is 1240. The first kappa shape index (κ1) is 18.0. The lowest BCUT2D eigenvalue weighted by atomic mass is 10.1. The number of imidazole rings is 1. The molecule has 2 aromatic heterocycles. The van der Waals surface area contributed by atoms with Crippen LogP contribution in [0.4, 0.5) is 16.3 Å². The van der Waals surface area contributed by atoms with Crippen LogP contribution in [-0.2, 0) is 6.42 Å². The van der Waals surface area contributed by atoms with Crippen LogP contribution in [0, 0.1) is 0 Å². The molecule has 150 valence electrons. The highest BCUT2D eigenvalue weighted by Crippen LogP contribution is 2.26. The number of carbonyl (C=O) groups excluding carboxylic acids is 1. The quantitative estimate of drug-likeness (QED) is 0.548. The van der Waals surface area contributed by atoms with Crippen molar-refractivity contribution in [2.45, 2.75) is 6.42 Å². The van der Waals surface area contributed by atoms with Crippen molar-refractivity contribution in [3.8, 4) is 17.0 Å². The van der Waals surface area contributed by atoms with Crippen LogP contribution >= 0.6 is 0 Å². The maximum absolute atomic E-state index is 12.5. The van der Waals surface area contributed by atoms with E-state index in [2.05, 4.69) is 26.9 Å². The first-order valence-corrected chi connectivity index (χ1v) is 9.63. The molecule has 0 saturated heterocycles. The monoisotopic (exact) mass is 400 g/mol. The van der Waals surface area contributed by atoms with Crippen LogP contribution in [0.5, 0.6) is 5.75 Å². The zero-order valence-corrected chi connectivity index (χ0v) is 16.4. The minimum Gasteiger partial charge on any atom is -0.497 e. The molecule has 2 aromatic carbocycles. The molecule has 0 radical (unpaired) electrons. The number of benzene rings is 2. The standard InChI is InChI=1S/C22H20N6O2/c1-30-17-7-4-6-16(13-17)18-9-10-21-23-20(14-28(21)25-18)24-22(29)26-27-12-11-15-5-2-3-8-19(15)27/h2-10,13-14H,11-12H2,1H3,(H2,24,26,29). The van der Waals surface area contributed by atoms with E-state index in [1.807, 2.05) is 59.6 Å². The second-order valence-electron chi connectivity index (χ2n) is 6.98. The average molecular weight is 400 g/mol. The van der Waals surface area contributed by atoms with Gasteiger partial charge in [0.2, 0.25) is 0 Å². The molecule has 0 aliphatic carbocycles. The smallest absolute Gasteiger partial charge is 0.339 e. The predicted molar refractivity (Wildman–Crippen MR) is 115 cm³/mol. The summed E-state index contributed by atoms with van der Waals surface area (Å²) in [6.45, 7) is 0.739. The van der Waals surface area contributed by atoms with E-state index in [1.54, 1.807) is 17.8 Å². The Kier molecular flexibility index (Phi) is 4.44. The Balaban J connectivity index is 1.32. The number of nitrogens with one attached hydrogen (secondary N) is 2. The molecule has 8 nitrogen and oxygen atoms in total. The number of hydrogen-bond acceptors (Lipinski definition) is 5. The van der Waals surface area contributed by atoms with E-state index >= 15 is 0 Å². The van der Waals surface area contributed by atoms with Gasteiger partial charge >= 0.3 is 6.03 Å². The lowest BCUT2D eigenvalue weighted by Gasteiger charge is -2.20. The van der Waals surface area contributed by atoms with E-state index in [9.17, 15) is 4.79 Å². The van der Waals surface area contributed by atoms with Crippen molar-refractivity contribution < 1.29 is 9.53 Å². The number of nitrogens with zero attached hydrogens (tertiary/aromatic N) is 4. The van der Waals surface area contributed by atoms with E-state index in [-0.39, 0.29) is 6.03 Å². The van der Waals surface area contributed by atoms with Gasteiger partial charge in [-0.15, -0.1) is 0 Å². The third-order valence-electron chi connectivity index (χ3n) is 5.05. The van der Waals surface area contributed by atoms with Crippen LogP contribution in [0.25, 0.3) is 16.9 Å². The summed E-state index contributed by atoms with van der Waals surface area (Å²) in [6.07, 6.45) is 2.60. The highest BCUT2D eigenvalue weighted by Gasteiger charge is 2.20. The molecule has 0 fully saturated rings. The van der Waals surface area contributed by atoms with Crippen molar-refractivity contribution in [3.05, 3.63) is 72.4 Å². The van der Waals surface area contributed by atoms with Gasteiger partial charge in [0.25, 0.3) is 0 Å². The molecular weight excluding hydrogens is 380 g/mol. The molecule has 4 aromatic rings. The number of fused-ring (bicyclic) bond motifs is 2. The normalized spacial score (nSPS) is 12.6. The van der Waals surface area contributed by atoms with E-state index in [0.717, 1.165) is 35.7 Å². The molecule has 0 atom stereocenters. The number of para-hydroxylation sites is 1. The van der Waals surface area contributed by atoms with Crippen LogP contribution < -0.4 is 20.5 Å². The van der Waals surface area contributed by atoms with Crippen molar-refractivity contribution in [3.63, 3.8) is 0 Å². The fourth-order valence-corrected chi connectivity index (χ4v) is 3.60. The van der Waals surface area contributed by atoms with Crippen LogP contribution in [0.15, 0.2) is 66.9 Å². The zero-order chi connectivity index (χ0) is 20.5. The van der Waals surface area contributed by atoms with Crippen LogP contribution in [0.2, 0.25) is 0 Å². The van der Waals surface area contributed by atoms with Gasteiger partial charge in [0.05, 0.1) is 24.7 Å². The molecule has 0 unspecified atom stereocenters. The summed E-state index contributed by atoms with van der Waals surface area (Å²) in [6, 6.07) is 19.1. The Morgan fingerprint density at radius 1 is 1.10 bits per heavy atom. The number of amides is 2. The maximum Gasteiger partial charge on any atom is 0.339 e. The first-order valence-electron chi connectivity index (χ1n) is 9.63. The van der Waals surface area contributed by atoms with E-state index in [4.69, 9.17) is 4.74 Å². The van der Waals surface area contributed by atoms with Gasteiger partial charge in [-0.05, 0) is 42.3 Å². The lowest BCUT2D eigenvalue weighted by Crippen LogP contribution is -2.43. The number of carbonyl (C=O) groups is 1. The SMILES string of the molecule is COc1cccc(-c2ccc3nc(NC(=O)NN4CCc5ccccc54)cn3n2)c1. The number of methoxy groups -OCH3 is 1. The minimum absolute atomic E-state index is 0.344. The fraction of sp³-hybridized carbons (Fsp3) is 0.136. The van der Waals surface area contributed by atoms with Gasteiger partial charge in [0.15, 0.2) is 11.5 Å². The fourth-order valence-electron chi connectivity index (χ4n) is 3.60. The van der Waals surface area contributed by atoms with Gasteiger partial charge in [0, 0.05) is 12.1 Å². The Labute approximate surface area is 173 Å². The number of ether oxygens (including phenoxy) is 1. The molecule has 2 N–H and O–H groups in total. The Morgan fingerprint density at radius 2 is 2.00 bits per heavy atom. The van der Waals surface area contributed by atoms with Gasteiger partial charge in [0.1, 0.15) is 5.75 Å². The molecule has 0 spiro atoms. The number of urea groups is 1. The second-order valence-corrected chi connectivity index (χ2v) is 6.98. The number of aromatic nitrogens is 3. The van der Waals surface area contributed by atoms with Crippen molar-refractivity contribution in [2.75, 3.05) is 24.0 Å². The molecule has 0 saturated carbocycles. The van der Waals surface area contributed by atoms with Gasteiger partial charge in [-0.25, -0.2) is 19.7 Å². The summed E-state index contributed by atoms with van der Waals surface area (Å²) in [5.41, 5.74) is 7.48. The lowest BCUT2D eigenvalue weighted by molar-refractivity contribution is 0.251. The summed E-state index contributed by atoms with van der Waals surface area (Å²) >= 11 is 0. The number of anilines is 2. The highest BCUT2D eigenvalue weighted by atomic mass is 16.5. The summed E-state index contributed by atoms with van der Waals surface area (Å²) in [4.78, 5) is 16.9. The van der Waals surface area contributed by atoms with Gasteiger partial charge < -0.3 is 4.74 Å². The molecule has 30 heavy (non-hydrogen) atoms. The van der Waals surface area contributed by atoms with Gasteiger partial charge in [-0.1, -0.05) is 30.3 Å². The number of rotatable bonds is 4. The maximum atomic E-state index is 12.5. The van der Waals surface area contributed by atoms with Crippen molar-refractivity contribution in [2.24, 2.45) is 0 Å². The predicted octanol–water partition coefficient (Wildman–Crippen LogP) is 3.50. The minimum atomic E-state index is -0.344. The molecule has 2 amide bonds. The Morgan fingerprint density at radius 3 is 2.90 bits per heavy atom. The van der Waals surface area contributed by atoms with Gasteiger partial charge in [-0.3, -0.25) is 10.3 Å². The van der Waals surface area contributed by atoms with Gasteiger partial charge in [-0.2, -0.15) is 5.10 Å². The molecule has 1 aliphatic heterocycles.